The molecule has 3 heteroatoms. The lowest BCUT2D eigenvalue weighted by atomic mass is 9.96. The van der Waals surface area contributed by atoms with Gasteiger partial charge in [-0.05, 0) is 50.8 Å². The fraction of sp³-hybridized carbons (Fsp3) is 0.688. The molecule has 0 amide bonds. The van der Waals surface area contributed by atoms with Gasteiger partial charge in [0.2, 0.25) is 0 Å². The molecule has 2 unspecified atom stereocenters. The Kier molecular flexibility index (Phi) is 3.75. The van der Waals surface area contributed by atoms with Crippen LogP contribution in [0.3, 0.4) is 0 Å². The average molecular weight is 277 g/mol. The van der Waals surface area contributed by atoms with Crippen LogP contribution in [0.15, 0.2) is 6.07 Å². The van der Waals surface area contributed by atoms with Crippen molar-refractivity contribution in [2.24, 2.45) is 0 Å². The van der Waals surface area contributed by atoms with E-state index in [0.29, 0.717) is 11.8 Å². The first kappa shape index (κ1) is 13.3. The number of Topliss-reactive ketones (excluding diaryl/α,β-unsaturated/α-hetero) is 1. The monoisotopic (exact) mass is 277 g/mol. The molecule has 3 rings (SSSR count). The van der Waals surface area contributed by atoms with E-state index in [0.717, 1.165) is 30.1 Å². The molecule has 0 spiro atoms. The van der Waals surface area contributed by atoms with Gasteiger partial charge in [-0.15, -0.1) is 0 Å². The second kappa shape index (κ2) is 5.35. The van der Waals surface area contributed by atoms with Crippen LogP contribution in [0.4, 0.5) is 0 Å². The lowest BCUT2D eigenvalue weighted by Crippen LogP contribution is -2.16. The van der Waals surface area contributed by atoms with Crippen molar-refractivity contribution in [1.29, 1.82) is 0 Å². The highest BCUT2D eigenvalue weighted by Crippen LogP contribution is 2.40. The van der Waals surface area contributed by atoms with Gasteiger partial charge in [-0.1, -0.05) is 6.92 Å². The van der Waals surface area contributed by atoms with Gasteiger partial charge in [0.05, 0.1) is 0 Å². The van der Waals surface area contributed by atoms with Crippen molar-refractivity contribution in [3.05, 3.63) is 23.0 Å². The summed E-state index contributed by atoms with van der Waals surface area (Å²) in [4.78, 5) is 12.0. The van der Waals surface area contributed by atoms with Crippen molar-refractivity contribution < 1.29 is 4.79 Å². The highest BCUT2D eigenvalue weighted by molar-refractivity contribution is 7.99. The summed E-state index contributed by atoms with van der Waals surface area (Å²) in [5.74, 6) is 1.58. The SMILES string of the molecule is CCSC1CCC(n2c(C)cc3c2CCCC3=O)C1. The molecule has 1 heterocycles. The number of ketones is 1. The highest BCUT2D eigenvalue weighted by atomic mass is 32.2. The predicted octanol–water partition coefficient (Wildman–Crippen LogP) is 4.16. The van der Waals surface area contributed by atoms with Crippen LogP contribution in [0.5, 0.6) is 0 Å². The number of carbonyl (C=O) groups is 1. The van der Waals surface area contributed by atoms with E-state index in [4.69, 9.17) is 0 Å². The average Bonchev–Trinajstić information content (AvgIpc) is 2.94. The molecular weight excluding hydrogens is 254 g/mol. The number of hydrogen-bond acceptors (Lipinski definition) is 2. The summed E-state index contributed by atoms with van der Waals surface area (Å²) in [5.41, 5.74) is 3.66. The number of nitrogens with zero attached hydrogens (tertiary/aromatic N) is 1. The molecule has 0 radical (unpaired) electrons. The van der Waals surface area contributed by atoms with Crippen molar-refractivity contribution in [2.75, 3.05) is 5.75 Å². The summed E-state index contributed by atoms with van der Waals surface area (Å²) in [6, 6.07) is 2.77. The number of aromatic nitrogens is 1. The molecule has 2 aliphatic rings. The predicted molar refractivity (Wildman–Crippen MR) is 81.2 cm³/mol. The summed E-state index contributed by atoms with van der Waals surface area (Å²) in [7, 11) is 0. The smallest absolute Gasteiger partial charge is 0.164 e. The summed E-state index contributed by atoms with van der Waals surface area (Å²) < 4.78 is 2.50. The second-order valence-corrected chi connectivity index (χ2v) is 7.41. The lowest BCUT2D eigenvalue weighted by molar-refractivity contribution is 0.0971. The molecule has 1 aromatic heterocycles. The molecule has 1 aromatic rings. The molecule has 2 aliphatic carbocycles. The second-order valence-electron chi connectivity index (χ2n) is 5.84. The van der Waals surface area contributed by atoms with Crippen molar-refractivity contribution in [3.8, 4) is 0 Å². The van der Waals surface area contributed by atoms with E-state index in [1.807, 2.05) is 0 Å². The fourth-order valence-corrected chi connectivity index (χ4v) is 4.93. The van der Waals surface area contributed by atoms with Gasteiger partial charge in [-0.2, -0.15) is 11.8 Å². The number of aryl methyl sites for hydroxylation is 1. The molecule has 1 fully saturated rings. The Hall–Kier alpha value is -0.700. The van der Waals surface area contributed by atoms with Gasteiger partial charge >= 0.3 is 0 Å². The molecule has 0 bridgehead atoms. The number of fused-ring (bicyclic) bond motifs is 1. The topological polar surface area (TPSA) is 22.0 Å². The van der Waals surface area contributed by atoms with E-state index >= 15 is 0 Å². The number of carbonyl (C=O) groups excluding carboxylic acids is 1. The van der Waals surface area contributed by atoms with E-state index in [9.17, 15) is 4.79 Å². The normalized spacial score (nSPS) is 26.7. The summed E-state index contributed by atoms with van der Waals surface area (Å²) in [6.45, 7) is 4.42. The van der Waals surface area contributed by atoms with Gasteiger partial charge in [0.1, 0.15) is 0 Å². The Morgan fingerprint density at radius 1 is 1.37 bits per heavy atom. The van der Waals surface area contributed by atoms with E-state index in [2.05, 4.69) is 36.2 Å². The van der Waals surface area contributed by atoms with Crippen molar-refractivity contribution in [1.82, 2.24) is 4.57 Å². The van der Waals surface area contributed by atoms with Gasteiger partial charge in [0.15, 0.2) is 5.78 Å². The highest BCUT2D eigenvalue weighted by Gasteiger charge is 2.31. The molecule has 0 aromatic carbocycles. The van der Waals surface area contributed by atoms with E-state index in [-0.39, 0.29) is 0 Å². The minimum atomic E-state index is 0.362. The Labute approximate surface area is 120 Å². The lowest BCUT2D eigenvalue weighted by Gasteiger charge is -2.21. The molecule has 0 aliphatic heterocycles. The fourth-order valence-electron chi connectivity index (χ4n) is 3.80. The zero-order valence-electron chi connectivity index (χ0n) is 11.9. The quantitative estimate of drug-likeness (QED) is 0.827. The summed E-state index contributed by atoms with van der Waals surface area (Å²) in [6.07, 6.45) is 6.79. The molecule has 2 atom stereocenters. The number of thioether (sulfide) groups is 1. The molecule has 1 saturated carbocycles. The third-order valence-corrected chi connectivity index (χ3v) is 5.81. The van der Waals surface area contributed by atoms with Gasteiger partial charge in [-0.3, -0.25) is 4.79 Å². The van der Waals surface area contributed by atoms with Crippen LogP contribution < -0.4 is 0 Å². The van der Waals surface area contributed by atoms with Crippen LogP contribution in [0.2, 0.25) is 0 Å². The van der Waals surface area contributed by atoms with Crippen LogP contribution in [-0.2, 0) is 6.42 Å². The number of hydrogen-bond donors (Lipinski definition) is 0. The van der Waals surface area contributed by atoms with Crippen LogP contribution in [0.1, 0.15) is 66.8 Å². The van der Waals surface area contributed by atoms with Gasteiger partial charge in [0.25, 0.3) is 0 Å². The first-order valence-electron chi connectivity index (χ1n) is 7.56. The maximum Gasteiger partial charge on any atom is 0.164 e. The van der Waals surface area contributed by atoms with Crippen molar-refractivity contribution in [3.63, 3.8) is 0 Å². The molecular formula is C16H23NOS. The summed E-state index contributed by atoms with van der Waals surface area (Å²) >= 11 is 2.10. The Balaban J connectivity index is 1.87. The third kappa shape index (κ3) is 2.37. The molecule has 2 nitrogen and oxygen atoms in total. The van der Waals surface area contributed by atoms with Gasteiger partial charge in [-0.25, -0.2) is 0 Å². The molecule has 0 N–H and O–H groups in total. The zero-order chi connectivity index (χ0) is 13.4. The maximum atomic E-state index is 12.0. The van der Waals surface area contributed by atoms with Crippen LogP contribution in [0, 0.1) is 6.92 Å². The van der Waals surface area contributed by atoms with E-state index in [1.165, 1.54) is 36.4 Å². The molecule has 0 saturated heterocycles. The van der Waals surface area contributed by atoms with E-state index in [1.54, 1.807) is 0 Å². The summed E-state index contributed by atoms with van der Waals surface area (Å²) in [5, 5.41) is 0.826. The zero-order valence-corrected chi connectivity index (χ0v) is 12.8. The van der Waals surface area contributed by atoms with E-state index < -0.39 is 0 Å². The minimum absolute atomic E-state index is 0.362. The standard InChI is InChI=1S/C16H23NOS/c1-3-19-13-8-7-12(10-13)17-11(2)9-14-15(17)5-4-6-16(14)18/h9,12-13H,3-8,10H2,1-2H3. The van der Waals surface area contributed by atoms with Crippen LogP contribution in [-0.4, -0.2) is 21.4 Å². The molecule has 104 valence electrons. The third-order valence-electron chi connectivity index (χ3n) is 4.58. The van der Waals surface area contributed by atoms with Crippen molar-refractivity contribution >= 4 is 17.5 Å². The van der Waals surface area contributed by atoms with Crippen LogP contribution >= 0.6 is 11.8 Å². The first-order chi connectivity index (χ1) is 9.20. The largest absolute Gasteiger partial charge is 0.345 e. The number of rotatable bonds is 3. The Morgan fingerprint density at radius 3 is 3.00 bits per heavy atom. The van der Waals surface area contributed by atoms with Crippen molar-refractivity contribution in [2.45, 2.75) is 63.7 Å². The Morgan fingerprint density at radius 2 is 2.21 bits per heavy atom. The minimum Gasteiger partial charge on any atom is -0.345 e. The Bertz CT molecular complexity index is 491. The molecule has 19 heavy (non-hydrogen) atoms. The van der Waals surface area contributed by atoms with Crippen LogP contribution in [0.25, 0.3) is 0 Å². The van der Waals surface area contributed by atoms with Gasteiger partial charge < -0.3 is 4.57 Å². The first-order valence-corrected chi connectivity index (χ1v) is 8.61. The maximum absolute atomic E-state index is 12.0. The van der Waals surface area contributed by atoms with Gasteiger partial charge in [0, 0.05) is 34.7 Å².